The Kier molecular flexibility index (Phi) is 7.06. The molecule has 0 saturated carbocycles. The van der Waals surface area contributed by atoms with E-state index in [2.05, 4.69) is 9.64 Å². The number of halogens is 3. The number of carbonyl (C=O) groups is 1. The van der Waals surface area contributed by atoms with E-state index in [1.54, 1.807) is 0 Å². The van der Waals surface area contributed by atoms with Gasteiger partial charge in [-0.2, -0.15) is 13.2 Å². The van der Waals surface area contributed by atoms with Gasteiger partial charge in [-0.3, -0.25) is 9.69 Å². The molecule has 0 bridgehead atoms. The third-order valence-electron chi connectivity index (χ3n) is 4.01. The minimum absolute atomic E-state index is 0.0926. The number of amides is 1. The van der Waals surface area contributed by atoms with E-state index in [0.29, 0.717) is 26.1 Å². The number of carbonyl (C=O) groups excluding carboxylic acids is 1. The Morgan fingerprint density at radius 1 is 1.29 bits per heavy atom. The van der Waals surface area contributed by atoms with Gasteiger partial charge in [0.25, 0.3) is 5.91 Å². The smallest absolute Gasteiger partial charge is 0.372 e. The zero-order valence-corrected chi connectivity index (χ0v) is 14.6. The molecule has 0 unspecified atom stereocenters. The minimum atomic E-state index is -4.26. The summed E-state index contributed by atoms with van der Waals surface area (Å²) in [6.07, 6.45) is -2.84. The fourth-order valence-corrected chi connectivity index (χ4v) is 3.66. The van der Waals surface area contributed by atoms with Crippen molar-refractivity contribution in [1.29, 1.82) is 0 Å². The molecule has 1 aromatic rings. The number of hydrogen-bond donors (Lipinski definition) is 0. The van der Waals surface area contributed by atoms with E-state index in [0.717, 1.165) is 30.0 Å². The maximum atomic E-state index is 12.5. The van der Waals surface area contributed by atoms with Crippen molar-refractivity contribution >= 4 is 17.2 Å². The highest BCUT2D eigenvalue weighted by molar-refractivity contribution is 7.12. The molecule has 1 amide bonds. The molecule has 2 rings (SSSR count). The molecule has 0 N–H and O–H groups in total. The number of aryl methyl sites for hydroxylation is 1. The SMILES string of the molecule is CCc1ccsc1C(=O)N1CCN(CCCOCC(F)(F)F)CC1. The molecule has 1 aliphatic heterocycles. The Bertz CT molecular complexity index is 526. The molecule has 0 atom stereocenters. The second-order valence-electron chi connectivity index (χ2n) is 5.78. The molecule has 0 spiro atoms. The summed E-state index contributed by atoms with van der Waals surface area (Å²) in [5.41, 5.74) is 1.09. The normalized spacial score (nSPS) is 16.6. The van der Waals surface area contributed by atoms with Crippen LogP contribution in [0.4, 0.5) is 13.2 Å². The van der Waals surface area contributed by atoms with Crippen LogP contribution in [-0.4, -0.2) is 67.8 Å². The average molecular weight is 364 g/mol. The number of ether oxygens (including phenoxy) is 1. The summed E-state index contributed by atoms with van der Waals surface area (Å²) in [7, 11) is 0. The molecule has 0 radical (unpaired) electrons. The van der Waals surface area contributed by atoms with Crippen molar-refractivity contribution in [2.45, 2.75) is 25.9 Å². The number of thiophene rings is 1. The van der Waals surface area contributed by atoms with Gasteiger partial charge in [0.05, 0.1) is 4.88 Å². The molecule has 1 saturated heterocycles. The van der Waals surface area contributed by atoms with Gasteiger partial charge < -0.3 is 9.64 Å². The largest absolute Gasteiger partial charge is 0.411 e. The zero-order chi connectivity index (χ0) is 17.6. The van der Waals surface area contributed by atoms with Crippen LogP contribution in [0, 0.1) is 0 Å². The van der Waals surface area contributed by atoms with Gasteiger partial charge in [-0.1, -0.05) is 6.92 Å². The lowest BCUT2D eigenvalue weighted by Crippen LogP contribution is -2.49. The molecule has 0 aliphatic carbocycles. The number of alkyl halides is 3. The molecule has 4 nitrogen and oxygen atoms in total. The van der Waals surface area contributed by atoms with Crippen LogP contribution >= 0.6 is 11.3 Å². The van der Waals surface area contributed by atoms with Gasteiger partial charge in [0.15, 0.2) is 0 Å². The first-order valence-electron chi connectivity index (χ1n) is 8.13. The van der Waals surface area contributed by atoms with Crippen LogP contribution < -0.4 is 0 Å². The van der Waals surface area contributed by atoms with Gasteiger partial charge >= 0.3 is 6.18 Å². The third-order valence-corrected chi connectivity index (χ3v) is 4.95. The van der Waals surface area contributed by atoms with E-state index < -0.39 is 12.8 Å². The standard InChI is InChI=1S/C16H23F3N2O2S/c1-2-13-4-11-24-14(13)15(22)21-8-6-20(7-9-21)5-3-10-23-12-16(17,18)19/h4,11H,2-3,5-10,12H2,1H3. The van der Waals surface area contributed by atoms with E-state index in [-0.39, 0.29) is 12.5 Å². The van der Waals surface area contributed by atoms with Crippen molar-refractivity contribution in [1.82, 2.24) is 9.80 Å². The lowest BCUT2D eigenvalue weighted by molar-refractivity contribution is -0.174. The Hall–Kier alpha value is -1.12. The quantitative estimate of drug-likeness (QED) is 0.697. The fraction of sp³-hybridized carbons (Fsp3) is 0.688. The molecule has 0 aromatic carbocycles. The summed E-state index contributed by atoms with van der Waals surface area (Å²) in [6.45, 7) is 4.46. The first-order chi connectivity index (χ1) is 11.4. The molecule has 8 heteroatoms. The van der Waals surface area contributed by atoms with E-state index in [9.17, 15) is 18.0 Å². The highest BCUT2D eigenvalue weighted by Crippen LogP contribution is 2.20. The Morgan fingerprint density at radius 3 is 2.62 bits per heavy atom. The second kappa shape index (κ2) is 8.82. The average Bonchev–Trinajstić information content (AvgIpc) is 3.02. The lowest BCUT2D eigenvalue weighted by Gasteiger charge is -2.34. The highest BCUT2D eigenvalue weighted by atomic mass is 32.1. The van der Waals surface area contributed by atoms with E-state index in [1.807, 2.05) is 23.3 Å². The molecule has 1 aliphatic rings. The first-order valence-corrected chi connectivity index (χ1v) is 9.01. The third kappa shape index (κ3) is 5.75. The number of piperazine rings is 1. The summed E-state index contributed by atoms with van der Waals surface area (Å²) in [5, 5.41) is 1.95. The Labute approximate surface area is 144 Å². The van der Waals surface area contributed by atoms with Gasteiger partial charge in [-0.25, -0.2) is 0 Å². The van der Waals surface area contributed by atoms with Crippen LogP contribution in [0.5, 0.6) is 0 Å². The number of hydrogen-bond acceptors (Lipinski definition) is 4. The van der Waals surface area contributed by atoms with Crippen molar-refractivity contribution in [2.75, 3.05) is 45.9 Å². The van der Waals surface area contributed by atoms with Crippen molar-refractivity contribution in [3.05, 3.63) is 21.9 Å². The molecule has 136 valence electrons. The minimum Gasteiger partial charge on any atom is -0.372 e. The molecule has 2 heterocycles. The van der Waals surface area contributed by atoms with Crippen LogP contribution in [-0.2, 0) is 11.2 Å². The van der Waals surface area contributed by atoms with Gasteiger partial charge in [0.1, 0.15) is 6.61 Å². The van der Waals surface area contributed by atoms with E-state index in [4.69, 9.17) is 0 Å². The van der Waals surface area contributed by atoms with Crippen LogP contribution in [0.15, 0.2) is 11.4 Å². The van der Waals surface area contributed by atoms with E-state index >= 15 is 0 Å². The highest BCUT2D eigenvalue weighted by Gasteiger charge is 2.27. The predicted molar refractivity (Wildman–Crippen MR) is 87.5 cm³/mol. The Balaban J connectivity index is 1.67. The fourth-order valence-electron chi connectivity index (χ4n) is 2.70. The maximum absolute atomic E-state index is 12.5. The summed E-state index contributed by atoms with van der Waals surface area (Å²) in [5.74, 6) is 0.0926. The molecule has 24 heavy (non-hydrogen) atoms. The number of rotatable bonds is 7. The molecule has 1 fully saturated rings. The van der Waals surface area contributed by atoms with Crippen molar-refractivity contribution in [3.63, 3.8) is 0 Å². The van der Waals surface area contributed by atoms with Gasteiger partial charge in [-0.15, -0.1) is 11.3 Å². The lowest BCUT2D eigenvalue weighted by atomic mass is 10.2. The van der Waals surface area contributed by atoms with E-state index in [1.165, 1.54) is 11.3 Å². The van der Waals surface area contributed by atoms with Crippen LogP contribution in [0.3, 0.4) is 0 Å². The summed E-state index contributed by atoms with van der Waals surface area (Å²) < 4.78 is 40.5. The molecular weight excluding hydrogens is 341 g/mol. The molecule has 1 aromatic heterocycles. The summed E-state index contributed by atoms with van der Waals surface area (Å²) in [4.78, 5) is 17.4. The monoisotopic (exact) mass is 364 g/mol. The van der Waals surface area contributed by atoms with Gasteiger partial charge in [0.2, 0.25) is 0 Å². The first kappa shape index (κ1) is 19.2. The van der Waals surface area contributed by atoms with Crippen LogP contribution in [0.25, 0.3) is 0 Å². The Morgan fingerprint density at radius 2 is 2.00 bits per heavy atom. The molecular formula is C16H23F3N2O2S. The number of nitrogens with zero attached hydrogens (tertiary/aromatic N) is 2. The van der Waals surface area contributed by atoms with Crippen LogP contribution in [0.2, 0.25) is 0 Å². The van der Waals surface area contributed by atoms with Crippen molar-refractivity contribution < 1.29 is 22.7 Å². The predicted octanol–water partition coefficient (Wildman–Crippen LogP) is 3.04. The topological polar surface area (TPSA) is 32.8 Å². The zero-order valence-electron chi connectivity index (χ0n) is 13.8. The van der Waals surface area contributed by atoms with Crippen molar-refractivity contribution in [2.24, 2.45) is 0 Å². The van der Waals surface area contributed by atoms with Gasteiger partial charge in [0, 0.05) is 39.3 Å². The summed E-state index contributed by atoms with van der Waals surface area (Å²) in [6, 6.07) is 2.00. The second-order valence-corrected chi connectivity index (χ2v) is 6.70. The summed E-state index contributed by atoms with van der Waals surface area (Å²) >= 11 is 1.48. The van der Waals surface area contributed by atoms with Crippen molar-refractivity contribution in [3.8, 4) is 0 Å². The van der Waals surface area contributed by atoms with Crippen LogP contribution in [0.1, 0.15) is 28.6 Å². The maximum Gasteiger partial charge on any atom is 0.411 e. The van der Waals surface area contributed by atoms with Gasteiger partial charge in [-0.05, 0) is 29.9 Å².